The summed E-state index contributed by atoms with van der Waals surface area (Å²) in [7, 11) is 1.70. The molecule has 2 aromatic heterocycles. The summed E-state index contributed by atoms with van der Waals surface area (Å²) in [4.78, 5) is 11.6. The van der Waals surface area contributed by atoms with Crippen molar-refractivity contribution in [3.05, 3.63) is 20.8 Å². The molecule has 0 fully saturated rings. The minimum Gasteiger partial charge on any atom is -0.344 e. The van der Waals surface area contributed by atoms with Crippen molar-refractivity contribution in [2.45, 2.75) is 20.4 Å². The van der Waals surface area contributed by atoms with Crippen LogP contribution in [0.25, 0.3) is 0 Å². The smallest absolute Gasteiger partial charge is 0.273 e. The molecule has 98 valence electrons. The topological polar surface area (TPSA) is 85.6 Å². The predicted molar refractivity (Wildman–Crippen MR) is 71.1 cm³/mol. The van der Waals surface area contributed by atoms with Gasteiger partial charge in [0.2, 0.25) is 0 Å². The summed E-state index contributed by atoms with van der Waals surface area (Å²) >= 11 is 4.56. The van der Waals surface area contributed by atoms with Crippen molar-refractivity contribution in [3.8, 4) is 0 Å². The molecule has 2 rings (SSSR count). The molecule has 0 spiro atoms. The highest BCUT2D eigenvalue weighted by Gasteiger charge is 2.10. The van der Waals surface area contributed by atoms with E-state index in [2.05, 4.69) is 41.8 Å². The molecule has 1 amide bonds. The van der Waals surface area contributed by atoms with Crippen LogP contribution in [0.4, 0.5) is 0 Å². The van der Waals surface area contributed by atoms with Gasteiger partial charge < -0.3 is 5.32 Å². The van der Waals surface area contributed by atoms with E-state index in [1.807, 2.05) is 13.8 Å². The van der Waals surface area contributed by atoms with Gasteiger partial charge in [-0.2, -0.15) is 0 Å². The Morgan fingerprint density at radius 2 is 2.17 bits per heavy atom. The average Bonchev–Trinajstić information content (AvgIpc) is 2.98. The minimum absolute atomic E-state index is 0.278. The largest absolute Gasteiger partial charge is 0.344 e. The summed E-state index contributed by atoms with van der Waals surface area (Å²) in [5.41, 5.74) is 0.283. The van der Waals surface area contributed by atoms with Crippen LogP contribution < -0.4 is 5.32 Å². The van der Waals surface area contributed by atoms with Gasteiger partial charge in [-0.05, 0) is 15.9 Å². The third-order valence-electron chi connectivity index (χ3n) is 1.68. The fraction of sp³-hybridized carbons (Fsp3) is 0.444. The van der Waals surface area contributed by atoms with Crippen molar-refractivity contribution in [1.82, 2.24) is 30.5 Å². The van der Waals surface area contributed by atoms with Crippen LogP contribution in [-0.4, -0.2) is 31.1 Å². The number of carbonyl (C=O) groups is 1. The Labute approximate surface area is 117 Å². The Balaban J connectivity index is 0.000000771. The SMILES string of the molecule is CC.Cn1cc(C(=O)NCc2nnc(Br)s2)nn1. The first-order valence-corrected chi connectivity index (χ1v) is 6.88. The first-order chi connectivity index (χ1) is 8.65. The van der Waals surface area contributed by atoms with E-state index in [4.69, 9.17) is 0 Å². The zero-order chi connectivity index (χ0) is 13.5. The summed E-state index contributed by atoms with van der Waals surface area (Å²) in [5.74, 6) is -0.278. The van der Waals surface area contributed by atoms with Crippen molar-refractivity contribution in [3.63, 3.8) is 0 Å². The van der Waals surface area contributed by atoms with Gasteiger partial charge in [-0.3, -0.25) is 9.48 Å². The number of halogens is 1. The van der Waals surface area contributed by atoms with E-state index in [0.717, 1.165) is 5.01 Å². The fourth-order valence-electron chi connectivity index (χ4n) is 1.00. The number of carbonyl (C=O) groups excluding carboxylic acids is 1. The number of amides is 1. The van der Waals surface area contributed by atoms with Gasteiger partial charge in [-0.15, -0.1) is 15.3 Å². The van der Waals surface area contributed by atoms with Crippen molar-refractivity contribution in [1.29, 1.82) is 0 Å². The van der Waals surface area contributed by atoms with Crippen molar-refractivity contribution >= 4 is 33.2 Å². The van der Waals surface area contributed by atoms with Crippen LogP contribution in [0.5, 0.6) is 0 Å². The number of nitrogens with zero attached hydrogens (tertiary/aromatic N) is 5. The fourth-order valence-corrected chi connectivity index (χ4v) is 2.14. The van der Waals surface area contributed by atoms with Crippen molar-refractivity contribution in [2.75, 3.05) is 0 Å². The molecule has 2 heterocycles. The van der Waals surface area contributed by atoms with E-state index in [1.165, 1.54) is 16.0 Å². The van der Waals surface area contributed by atoms with Gasteiger partial charge in [-0.25, -0.2) is 0 Å². The lowest BCUT2D eigenvalue weighted by atomic mass is 10.4. The highest BCUT2D eigenvalue weighted by molar-refractivity contribution is 9.11. The molecule has 0 saturated carbocycles. The van der Waals surface area contributed by atoms with Gasteiger partial charge in [0.25, 0.3) is 5.91 Å². The summed E-state index contributed by atoms with van der Waals surface area (Å²) in [6, 6.07) is 0. The van der Waals surface area contributed by atoms with Crippen LogP contribution in [0.1, 0.15) is 29.3 Å². The Morgan fingerprint density at radius 1 is 1.44 bits per heavy atom. The maximum Gasteiger partial charge on any atom is 0.273 e. The molecule has 0 radical (unpaired) electrons. The number of hydrogen-bond donors (Lipinski definition) is 1. The van der Waals surface area contributed by atoms with Crippen LogP contribution in [-0.2, 0) is 13.6 Å². The third kappa shape index (κ3) is 4.15. The molecule has 2 aromatic rings. The standard InChI is InChI=1S/C7H7BrN6OS.C2H6/c1-14-3-4(10-13-14)6(15)9-2-5-11-12-7(8)16-5;1-2/h3H,2H2,1H3,(H,9,15);1-2H3. The average molecular weight is 333 g/mol. The van der Waals surface area contributed by atoms with Gasteiger partial charge in [0.05, 0.1) is 12.7 Å². The number of hydrogen-bond acceptors (Lipinski definition) is 6. The Kier molecular flexibility index (Phi) is 5.86. The molecule has 0 saturated heterocycles. The molecule has 7 nitrogen and oxygen atoms in total. The van der Waals surface area contributed by atoms with E-state index in [1.54, 1.807) is 13.2 Å². The Bertz CT molecular complexity index is 511. The maximum atomic E-state index is 11.6. The Morgan fingerprint density at radius 3 is 2.67 bits per heavy atom. The molecule has 1 N–H and O–H groups in total. The number of aromatic nitrogens is 5. The van der Waals surface area contributed by atoms with E-state index < -0.39 is 0 Å². The van der Waals surface area contributed by atoms with E-state index in [-0.39, 0.29) is 11.6 Å². The van der Waals surface area contributed by atoms with Crippen LogP contribution >= 0.6 is 27.3 Å². The van der Waals surface area contributed by atoms with Crippen molar-refractivity contribution < 1.29 is 4.79 Å². The van der Waals surface area contributed by atoms with E-state index >= 15 is 0 Å². The molecule has 0 aliphatic heterocycles. The second-order valence-corrected chi connectivity index (χ2v) is 5.25. The normalized spacial score (nSPS) is 9.56. The quantitative estimate of drug-likeness (QED) is 0.917. The predicted octanol–water partition coefficient (Wildman–Crippen LogP) is 1.39. The van der Waals surface area contributed by atoms with Crippen molar-refractivity contribution in [2.24, 2.45) is 7.05 Å². The zero-order valence-electron chi connectivity index (χ0n) is 10.2. The molecule has 0 bridgehead atoms. The molecule has 18 heavy (non-hydrogen) atoms. The highest BCUT2D eigenvalue weighted by atomic mass is 79.9. The molecule has 0 aliphatic carbocycles. The second-order valence-electron chi connectivity index (χ2n) is 2.91. The zero-order valence-corrected chi connectivity index (χ0v) is 12.6. The van der Waals surface area contributed by atoms with Crippen LogP contribution in [0.3, 0.4) is 0 Å². The second kappa shape index (κ2) is 7.17. The summed E-state index contributed by atoms with van der Waals surface area (Å²) in [5, 5.41) is 18.4. The van der Waals surface area contributed by atoms with Gasteiger partial charge in [0.15, 0.2) is 9.61 Å². The summed E-state index contributed by atoms with van der Waals surface area (Å²) in [6.45, 7) is 4.33. The third-order valence-corrected chi connectivity index (χ3v) is 3.03. The molecule has 0 aliphatic rings. The van der Waals surface area contributed by atoms with E-state index in [0.29, 0.717) is 10.5 Å². The first kappa shape index (κ1) is 14.7. The van der Waals surface area contributed by atoms with Gasteiger partial charge >= 0.3 is 0 Å². The lowest BCUT2D eigenvalue weighted by Crippen LogP contribution is -2.23. The lowest BCUT2D eigenvalue weighted by molar-refractivity contribution is 0.0945. The van der Waals surface area contributed by atoms with Crippen LogP contribution in [0.2, 0.25) is 0 Å². The van der Waals surface area contributed by atoms with Gasteiger partial charge in [-0.1, -0.05) is 30.4 Å². The molecule has 9 heteroatoms. The van der Waals surface area contributed by atoms with Crippen LogP contribution in [0, 0.1) is 0 Å². The maximum absolute atomic E-state index is 11.6. The number of nitrogens with one attached hydrogen (secondary N) is 1. The summed E-state index contributed by atoms with van der Waals surface area (Å²) < 4.78 is 2.16. The van der Waals surface area contributed by atoms with Crippen LogP contribution in [0.15, 0.2) is 10.1 Å². The monoisotopic (exact) mass is 332 g/mol. The highest BCUT2D eigenvalue weighted by Crippen LogP contribution is 2.15. The first-order valence-electron chi connectivity index (χ1n) is 5.27. The van der Waals surface area contributed by atoms with E-state index in [9.17, 15) is 4.79 Å². The lowest BCUT2D eigenvalue weighted by Gasteiger charge is -1.97. The number of rotatable bonds is 3. The summed E-state index contributed by atoms with van der Waals surface area (Å²) in [6.07, 6.45) is 1.55. The molecule has 0 unspecified atom stereocenters. The molecular weight excluding hydrogens is 320 g/mol. The van der Waals surface area contributed by atoms with Gasteiger partial charge in [0.1, 0.15) is 5.01 Å². The van der Waals surface area contributed by atoms with Gasteiger partial charge in [0, 0.05) is 7.05 Å². The molecule has 0 atom stereocenters. The minimum atomic E-state index is -0.278. The molecule has 0 aromatic carbocycles. The number of aryl methyl sites for hydroxylation is 1. The Hall–Kier alpha value is -1.35. The molecular formula is C9H13BrN6OS.